The minimum Gasteiger partial charge on any atom is -0.493 e. The van der Waals surface area contributed by atoms with Gasteiger partial charge in [-0.1, -0.05) is 13.0 Å². The Morgan fingerprint density at radius 1 is 1.29 bits per heavy atom. The van der Waals surface area contributed by atoms with Crippen LogP contribution in [0.2, 0.25) is 0 Å². The summed E-state index contributed by atoms with van der Waals surface area (Å²) in [6, 6.07) is 5.92. The molecule has 6 heteroatoms. The van der Waals surface area contributed by atoms with Crippen molar-refractivity contribution in [1.29, 1.82) is 0 Å². The lowest BCUT2D eigenvalue weighted by molar-refractivity contribution is 0.294. The molecule has 3 aromatic rings. The largest absolute Gasteiger partial charge is 0.493 e. The van der Waals surface area contributed by atoms with Crippen LogP contribution in [0.1, 0.15) is 41.6 Å². The SMILES string of the molecule is CCCOc1ccc(/C=C2\CCn3c2nc2sc(C)c(C)c2c3=O)cc1OC. The summed E-state index contributed by atoms with van der Waals surface area (Å²) in [4.78, 5) is 19.8. The third-order valence-electron chi connectivity index (χ3n) is 5.17. The third-order valence-corrected chi connectivity index (χ3v) is 6.27. The first kappa shape index (κ1) is 18.7. The van der Waals surface area contributed by atoms with E-state index in [9.17, 15) is 4.79 Å². The van der Waals surface area contributed by atoms with Crippen LogP contribution in [-0.2, 0) is 6.54 Å². The van der Waals surface area contributed by atoms with E-state index in [0.29, 0.717) is 18.9 Å². The summed E-state index contributed by atoms with van der Waals surface area (Å²) in [5.41, 5.74) is 3.22. The fourth-order valence-electron chi connectivity index (χ4n) is 3.57. The van der Waals surface area contributed by atoms with Crippen LogP contribution < -0.4 is 15.0 Å². The number of fused-ring (bicyclic) bond motifs is 2. The van der Waals surface area contributed by atoms with Gasteiger partial charge in [-0.05, 0) is 61.6 Å². The lowest BCUT2D eigenvalue weighted by atomic mass is 10.1. The van der Waals surface area contributed by atoms with Crippen LogP contribution in [0.15, 0.2) is 23.0 Å². The van der Waals surface area contributed by atoms with Crippen LogP contribution in [0.4, 0.5) is 0 Å². The van der Waals surface area contributed by atoms with E-state index >= 15 is 0 Å². The molecule has 1 aliphatic rings. The molecule has 5 nitrogen and oxygen atoms in total. The number of hydrogen-bond donors (Lipinski definition) is 0. The first-order valence-electron chi connectivity index (χ1n) is 9.55. The second-order valence-electron chi connectivity index (χ2n) is 7.03. The van der Waals surface area contributed by atoms with Gasteiger partial charge in [-0.15, -0.1) is 11.3 Å². The molecule has 0 spiro atoms. The molecule has 0 atom stereocenters. The average molecular weight is 397 g/mol. The molecule has 0 saturated carbocycles. The zero-order valence-corrected chi connectivity index (χ0v) is 17.5. The summed E-state index contributed by atoms with van der Waals surface area (Å²) in [5, 5.41) is 0.770. The van der Waals surface area contributed by atoms with E-state index in [4.69, 9.17) is 14.5 Å². The molecule has 0 fully saturated rings. The van der Waals surface area contributed by atoms with Crippen molar-refractivity contribution in [3.63, 3.8) is 0 Å². The third kappa shape index (κ3) is 3.11. The molecule has 2 aromatic heterocycles. The number of hydrogen-bond acceptors (Lipinski definition) is 5. The van der Waals surface area contributed by atoms with Crippen LogP contribution in [0.3, 0.4) is 0 Å². The molecule has 28 heavy (non-hydrogen) atoms. The number of rotatable bonds is 5. The Kier molecular flexibility index (Phi) is 4.98. The minimum atomic E-state index is 0.0751. The lowest BCUT2D eigenvalue weighted by Crippen LogP contribution is -2.20. The van der Waals surface area contributed by atoms with Gasteiger partial charge in [0.25, 0.3) is 5.56 Å². The molecule has 3 heterocycles. The average Bonchev–Trinajstić information content (AvgIpc) is 3.22. The Labute approximate surface area is 168 Å². The van der Waals surface area contributed by atoms with E-state index in [1.165, 1.54) is 0 Å². The highest BCUT2D eigenvalue weighted by Gasteiger charge is 2.23. The topological polar surface area (TPSA) is 53.4 Å². The summed E-state index contributed by atoms with van der Waals surface area (Å²) < 4.78 is 13.0. The van der Waals surface area contributed by atoms with Gasteiger partial charge in [-0.25, -0.2) is 4.98 Å². The summed E-state index contributed by atoms with van der Waals surface area (Å²) in [6.07, 6.45) is 3.84. The lowest BCUT2D eigenvalue weighted by Gasteiger charge is -2.11. The molecule has 146 valence electrons. The van der Waals surface area contributed by atoms with Gasteiger partial charge in [-0.3, -0.25) is 9.36 Å². The molecule has 0 unspecified atom stereocenters. The van der Waals surface area contributed by atoms with E-state index in [-0.39, 0.29) is 5.56 Å². The highest BCUT2D eigenvalue weighted by atomic mass is 32.1. The number of aromatic nitrogens is 2. The molecule has 0 bridgehead atoms. The van der Waals surface area contributed by atoms with Crippen molar-refractivity contribution in [3.8, 4) is 11.5 Å². The number of benzene rings is 1. The normalized spacial score (nSPS) is 14.6. The van der Waals surface area contributed by atoms with Crippen LogP contribution in [0, 0.1) is 13.8 Å². The van der Waals surface area contributed by atoms with Crippen molar-refractivity contribution < 1.29 is 9.47 Å². The highest BCUT2D eigenvalue weighted by molar-refractivity contribution is 7.18. The fourth-order valence-corrected chi connectivity index (χ4v) is 4.59. The number of ether oxygens (including phenoxy) is 2. The zero-order chi connectivity index (χ0) is 19.8. The number of aryl methyl sites for hydroxylation is 2. The zero-order valence-electron chi connectivity index (χ0n) is 16.7. The predicted molar refractivity (Wildman–Crippen MR) is 115 cm³/mol. The Balaban J connectivity index is 1.76. The monoisotopic (exact) mass is 396 g/mol. The smallest absolute Gasteiger partial charge is 0.262 e. The summed E-state index contributed by atoms with van der Waals surface area (Å²) in [7, 11) is 1.65. The molecule has 0 N–H and O–H groups in total. The molecule has 0 aliphatic carbocycles. The van der Waals surface area contributed by atoms with Gasteiger partial charge in [0.1, 0.15) is 10.7 Å². The molecule has 1 aliphatic heterocycles. The van der Waals surface area contributed by atoms with Gasteiger partial charge >= 0.3 is 0 Å². The van der Waals surface area contributed by atoms with Crippen molar-refractivity contribution in [2.24, 2.45) is 0 Å². The Bertz CT molecular complexity index is 1140. The number of methoxy groups -OCH3 is 1. The van der Waals surface area contributed by atoms with Crippen LogP contribution in [0.25, 0.3) is 21.9 Å². The Morgan fingerprint density at radius 2 is 2.11 bits per heavy atom. The molecule has 1 aromatic carbocycles. The van der Waals surface area contributed by atoms with E-state index in [1.54, 1.807) is 18.4 Å². The van der Waals surface area contributed by atoms with E-state index in [0.717, 1.165) is 56.2 Å². The van der Waals surface area contributed by atoms with Crippen molar-refractivity contribution in [2.45, 2.75) is 40.2 Å². The second kappa shape index (κ2) is 7.43. The standard InChI is InChI=1S/C22H24N2O3S/c1-5-10-27-17-7-6-15(12-18(17)26-4)11-16-8-9-24-20(16)23-21-19(22(24)25)13(2)14(3)28-21/h6-7,11-12H,5,8-10H2,1-4H3/b16-11+. The van der Waals surface area contributed by atoms with Crippen molar-refractivity contribution in [3.05, 3.63) is 50.4 Å². The van der Waals surface area contributed by atoms with Gasteiger partial charge in [0.15, 0.2) is 11.5 Å². The van der Waals surface area contributed by atoms with E-state index < -0.39 is 0 Å². The maximum Gasteiger partial charge on any atom is 0.262 e. The molecule has 0 radical (unpaired) electrons. The van der Waals surface area contributed by atoms with Crippen molar-refractivity contribution in [2.75, 3.05) is 13.7 Å². The van der Waals surface area contributed by atoms with Gasteiger partial charge in [-0.2, -0.15) is 0 Å². The first-order chi connectivity index (χ1) is 13.5. The quantitative estimate of drug-likeness (QED) is 0.621. The summed E-state index contributed by atoms with van der Waals surface area (Å²) in [6.45, 7) is 7.45. The van der Waals surface area contributed by atoms with Crippen LogP contribution in [-0.4, -0.2) is 23.3 Å². The van der Waals surface area contributed by atoms with E-state index in [2.05, 4.69) is 13.0 Å². The molecule has 0 saturated heterocycles. The highest BCUT2D eigenvalue weighted by Crippen LogP contribution is 2.34. The molecule has 0 amide bonds. The van der Waals surface area contributed by atoms with E-state index in [1.807, 2.05) is 36.6 Å². The maximum atomic E-state index is 13.0. The molecular weight excluding hydrogens is 372 g/mol. The Hall–Kier alpha value is -2.60. The molecular formula is C22H24N2O3S. The summed E-state index contributed by atoms with van der Waals surface area (Å²) in [5.74, 6) is 2.24. The number of allylic oxidation sites excluding steroid dienone is 1. The predicted octanol–water partition coefficient (Wildman–Crippen LogP) is 4.82. The van der Waals surface area contributed by atoms with Crippen molar-refractivity contribution in [1.82, 2.24) is 9.55 Å². The van der Waals surface area contributed by atoms with Gasteiger partial charge in [0, 0.05) is 11.4 Å². The number of nitrogens with zero attached hydrogens (tertiary/aromatic N) is 2. The molecule has 4 rings (SSSR count). The van der Waals surface area contributed by atoms with Crippen LogP contribution >= 0.6 is 11.3 Å². The maximum absolute atomic E-state index is 13.0. The summed E-state index contributed by atoms with van der Waals surface area (Å²) >= 11 is 1.59. The van der Waals surface area contributed by atoms with Crippen LogP contribution in [0.5, 0.6) is 11.5 Å². The first-order valence-corrected chi connectivity index (χ1v) is 10.4. The van der Waals surface area contributed by atoms with Gasteiger partial charge < -0.3 is 9.47 Å². The fraction of sp³-hybridized carbons (Fsp3) is 0.364. The number of thiophene rings is 1. The second-order valence-corrected chi connectivity index (χ2v) is 8.24. The Morgan fingerprint density at radius 3 is 2.86 bits per heavy atom. The minimum absolute atomic E-state index is 0.0751. The van der Waals surface area contributed by atoms with Gasteiger partial charge in [0.05, 0.1) is 19.1 Å². The van der Waals surface area contributed by atoms with Crippen molar-refractivity contribution >= 4 is 33.2 Å². The van der Waals surface area contributed by atoms with Gasteiger partial charge in [0.2, 0.25) is 0 Å².